The summed E-state index contributed by atoms with van der Waals surface area (Å²) in [7, 11) is 0. The summed E-state index contributed by atoms with van der Waals surface area (Å²) in [6, 6.07) is 7.49. The first-order valence-electron chi connectivity index (χ1n) is 5.67. The zero-order valence-corrected chi connectivity index (χ0v) is 10.3. The normalized spacial score (nSPS) is 10.5. The van der Waals surface area contributed by atoms with E-state index in [9.17, 15) is 4.79 Å². The lowest BCUT2D eigenvalue weighted by Crippen LogP contribution is -2.00. The highest BCUT2D eigenvalue weighted by molar-refractivity contribution is 6.07. The third kappa shape index (κ3) is 2.13. The third-order valence-electron chi connectivity index (χ3n) is 2.61. The molecule has 0 aliphatic carbocycles. The number of benzene rings is 1. The molecule has 17 heavy (non-hydrogen) atoms. The molecule has 3 heteroatoms. The van der Waals surface area contributed by atoms with Crippen molar-refractivity contribution >= 4 is 16.7 Å². The highest BCUT2D eigenvalue weighted by atomic mass is 16.5. The zero-order valence-electron chi connectivity index (χ0n) is 10.3. The number of aromatic nitrogens is 1. The molecule has 0 aliphatic heterocycles. The van der Waals surface area contributed by atoms with Gasteiger partial charge in [-0.25, -0.2) is 4.98 Å². The van der Waals surface area contributed by atoms with Gasteiger partial charge in [-0.2, -0.15) is 0 Å². The third-order valence-corrected chi connectivity index (χ3v) is 2.61. The van der Waals surface area contributed by atoms with Crippen molar-refractivity contribution in [3.63, 3.8) is 0 Å². The van der Waals surface area contributed by atoms with Gasteiger partial charge in [0.1, 0.15) is 11.3 Å². The predicted molar refractivity (Wildman–Crippen MR) is 67.7 cm³/mol. The number of pyridine rings is 1. The van der Waals surface area contributed by atoms with Gasteiger partial charge < -0.3 is 4.74 Å². The van der Waals surface area contributed by atoms with Gasteiger partial charge in [0.25, 0.3) is 0 Å². The van der Waals surface area contributed by atoms with E-state index in [1.54, 1.807) is 6.92 Å². The minimum absolute atomic E-state index is 0.0501. The number of Topliss-reactive ketones (excluding diaryl/α,β-unsaturated/α-hetero) is 1. The van der Waals surface area contributed by atoms with E-state index < -0.39 is 0 Å². The van der Waals surface area contributed by atoms with Crippen LogP contribution in [0.5, 0.6) is 5.75 Å². The smallest absolute Gasteiger partial charge is 0.160 e. The van der Waals surface area contributed by atoms with Gasteiger partial charge in [0, 0.05) is 16.6 Å². The Morgan fingerprint density at radius 2 is 2.18 bits per heavy atom. The van der Waals surface area contributed by atoms with E-state index in [2.05, 4.69) is 4.98 Å². The van der Waals surface area contributed by atoms with Crippen molar-refractivity contribution in [2.45, 2.75) is 20.8 Å². The van der Waals surface area contributed by atoms with Crippen LogP contribution in [0.1, 0.15) is 29.9 Å². The molecule has 0 aliphatic rings. The van der Waals surface area contributed by atoms with Gasteiger partial charge in [-0.05, 0) is 32.9 Å². The van der Waals surface area contributed by atoms with Gasteiger partial charge in [-0.1, -0.05) is 12.1 Å². The average Bonchev–Trinajstić information content (AvgIpc) is 2.29. The number of aryl methyl sites for hydroxylation is 1. The second-order valence-electron chi connectivity index (χ2n) is 3.95. The average molecular weight is 229 g/mol. The summed E-state index contributed by atoms with van der Waals surface area (Å²) >= 11 is 0. The summed E-state index contributed by atoms with van der Waals surface area (Å²) in [6.07, 6.45) is 0. The number of carbonyl (C=O) groups is 1. The van der Waals surface area contributed by atoms with Crippen LogP contribution in [0.4, 0.5) is 0 Å². The van der Waals surface area contributed by atoms with Crippen LogP contribution >= 0.6 is 0 Å². The molecule has 0 bridgehead atoms. The SMILES string of the molecule is CCOc1cccc2c(C(C)=O)cc(C)nc12. The van der Waals surface area contributed by atoms with Crippen LogP contribution in [0.3, 0.4) is 0 Å². The van der Waals surface area contributed by atoms with Crippen molar-refractivity contribution in [2.24, 2.45) is 0 Å². The summed E-state index contributed by atoms with van der Waals surface area (Å²) in [4.78, 5) is 16.1. The van der Waals surface area contributed by atoms with E-state index in [0.717, 1.165) is 22.3 Å². The molecule has 0 fully saturated rings. The summed E-state index contributed by atoms with van der Waals surface area (Å²) in [6.45, 7) is 5.97. The Balaban J connectivity index is 2.78. The number of hydrogen-bond donors (Lipinski definition) is 0. The highest BCUT2D eigenvalue weighted by Crippen LogP contribution is 2.27. The van der Waals surface area contributed by atoms with E-state index >= 15 is 0 Å². The number of carbonyl (C=O) groups excluding carboxylic acids is 1. The standard InChI is InChI=1S/C14H15NO2/c1-4-17-13-7-5-6-11-12(10(3)16)8-9(2)15-14(11)13/h5-8H,4H2,1-3H3. The molecule has 0 N–H and O–H groups in total. The van der Waals surface area contributed by atoms with Crippen molar-refractivity contribution in [2.75, 3.05) is 6.61 Å². The number of para-hydroxylation sites is 1. The van der Waals surface area contributed by atoms with Gasteiger partial charge in [-0.15, -0.1) is 0 Å². The van der Waals surface area contributed by atoms with Crippen molar-refractivity contribution in [3.8, 4) is 5.75 Å². The van der Waals surface area contributed by atoms with Crippen LogP contribution in [0.25, 0.3) is 10.9 Å². The van der Waals surface area contributed by atoms with Crippen LogP contribution in [-0.2, 0) is 0 Å². The Hall–Kier alpha value is -1.90. The Labute approximate surface area is 100 Å². The maximum absolute atomic E-state index is 11.6. The maximum Gasteiger partial charge on any atom is 0.160 e. The first-order valence-corrected chi connectivity index (χ1v) is 5.67. The number of rotatable bonds is 3. The fourth-order valence-electron chi connectivity index (χ4n) is 1.91. The van der Waals surface area contributed by atoms with E-state index in [0.29, 0.717) is 12.2 Å². The predicted octanol–water partition coefficient (Wildman–Crippen LogP) is 3.14. The largest absolute Gasteiger partial charge is 0.492 e. The number of nitrogens with zero attached hydrogens (tertiary/aromatic N) is 1. The molecule has 1 aromatic heterocycles. The first-order chi connectivity index (χ1) is 8.13. The second-order valence-corrected chi connectivity index (χ2v) is 3.95. The maximum atomic E-state index is 11.6. The van der Waals surface area contributed by atoms with Gasteiger partial charge in [0.15, 0.2) is 5.78 Å². The lowest BCUT2D eigenvalue weighted by molar-refractivity contribution is 0.101. The summed E-state index contributed by atoms with van der Waals surface area (Å²) in [5, 5.41) is 0.856. The molecule has 1 aromatic carbocycles. The van der Waals surface area contributed by atoms with Crippen molar-refractivity contribution in [3.05, 3.63) is 35.5 Å². The van der Waals surface area contributed by atoms with Crippen LogP contribution < -0.4 is 4.74 Å². The second kappa shape index (κ2) is 4.53. The van der Waals surface area contributed by atoms with E-state index in [-0.39, 0.29) is 5.78 Å². The molecule has 0 amide bonds. The molecule has 0 spiro atoms. The number of ether oxygens (including phenoxy) is 1. The summed E-state index contributed by atoms with van der Waals surface area (Å²) in [5.41, 5.74) is 2.29. The Kier molecular flexibility index (Phi) is 3.09. The number of hydrogen-bond acceptors (Lipinski definition) is 3. The van der Waals surface area contributed by atoms with Crippen molar-refractivity contribution < 1.29 is 9.53 Å². The lowest BCUT2D eigenvalue weighted by atomic mass is 10.0. The molecule has 2 rings (SSSR count). The highest BCUT2D eigenvalue weighted by Gasteiger charge is 2.11. The number of ketones is 1. The monoisotopic (exact) mass is 229 g/mol. The number of fused-ring (bicyclic) bond motifs is 1. The topological polar surface area (TPSA) is 39.2 Å². The van der Waals surface area contributed by atoms with E-state index in [4.69, 9.17) is 4.74 Å². The fourth-order valence-corrected chi connectivity index (χ4v) is 1.91. The van der Waals surface area contributed by atoms with E-state index in [1.807, 2.05) is 38.1 Å². The fraction of sp³-hybridized carbons (Fsp3) is 0.286. The van der Waals surface area contributed by atoms with Crippen molar-refractivity contribution in [1.29, 1.82) is 0 Å². The Morgan fingerprint density at radius 1 is 1.41 bits per heavy atom. The van der Waals surface area contributed by atoms with E-state index in [1.165, 1.54) is 0 Å². The lowest BCUT2D eigenvalue weighted by Gasteiger charge is -2.09. The molecule has 0 saturated heterocycles. The molecule has 3 nitrogen and oxygen atoms in total. The zero-order chi connectivity index (χ0) is 12.4. The molecule has 0 unspecified atom stereocenters. The van der Waals surface area contributed by atoms with Gasteiger partial charge >= 0.3 is 0 Å². The molecule has 0 atom stereocenters. The van der Waals surface area contributed by atoms with Crippen LogP contribution in [-0.4, -0.2) is 17.4 Å². The van der Waals surface area contributed by atoms with Crippen molar-refractivity contribution in [1.82, 2.24) is 4.98 Å². The molecular formula is C14H15NO2. The minimum atomic E-state index is 0.0501. The molecule has 0 saturated carbocycles. The van der Waals surface area contributed by atoms with Gasteiger partial charge in [-0.3, -0.25) is 4.79 Å². The summed E-state index contributed by atoms with van der Waals surface area (Å²) < 4.78 is 5.54. The Morgan fingerprint density at radius 3 is 2.82 bits per heavy atom. The van der Waals surface area contributed by atoms with Crippen LogP contribution in [0, 0.1) is 6.92 Å². The minimum Gasteiger partial charge on any atom is -0.492 e. The Bertz CT molecular complexity index is 576. The summed E-state index contributed by atoms with van der Waals surface area (Å²) in [5.74, 6) is 0.783. The molecular weight excluding hydrogens is 214 g/mol. The van der Waals surface area contributed by atoms with Crippen LogP contribution in [0.2, 0.25) is 0 Å². The molecule has 2 aromatic rings. The molecule has 1 heterocycles. The first kappa shape index (κ1) is 11.6. The quantitative estimate of drug-likeness (QED) is 0.759. The molecule has 88 valence electrons. The molecule has 0 radical (unpaired) electrons. The van der Waals surface area contributed by atoms with Crippen LogP contribution in [0.15, 0.2) is 24.3 Å². The van der Waals surface area contributed by atoms with Gasteiger partial charge in [0.2, 0.25) is 0 Å². The van der Waals surface area contributed by atoms with Gasteiger partial charge in [0.05, 0.1) is 6.61 Å².